The van der Waals surface area contributed by atoms with Crippen molar-refractivity contribution in [3.05, 3.63) is 41.0 Å². The lowest BCUT2D eigenvalue weighted by molar-refractivity contribution is -0.497. The van der Waals surface area contributed by atoms with Gasteiger partial charge in [-0.1, -0.05) is 0 Å². The van der Waals surface area contributed by atoms with E-state index in [0.29, 0.717) is 5.75 Å². The van der Waals surface area contributed by atoms with Crippen molar-refractivity contribution in [2.45, 2.75) is 61.6 Å². The molecule has 10 atom stereocenters. The normalized spacial score (nSPS) is 37.7. The molecule has 0 spiro atoms. The molecular formula is C29H32O16. The average Bonchev–Trinajstić information content (AvgIpc) is 3.63. The van der Waals surface area contributed by atoms with Crippen LogP contribution in [0.5, 0.6) is 28.7 Å². The zero-order valence-electron chi connectivity index (χ0n) is 24.2. The van der Waals surface area contributed by atoms with Gasteiger partial charge in [-0.2, -0.15) is 0 Å². The van der Waals surface area contributed by atoms with Gasteiger partial charge in [0.25, 0.3) is 0 Å². The highest BCUT2D eigenvalue weighted by atomic mass is 16.9. The minimum absolute atomic E-state index is 0.0358. The third kappa shape index (κ3) is 4.44. The predicted molar refractivity (Wildman–Crippen MR) is 142 cm³/mol. The fraction of sp³-hybridized carbons (Fsp3) is 0.552. The summed E-state index contributed by atoms with van der Waals surface area (Å²) in [6, 6.07) is 5.77. The second kappa shape index (κ2) is 10.5. The highest BCUT2D eigenvalue weighted by Crippen LogP contribution is 2.59. The van der Waals surface area contributed by atoms with E-state index in [9.17, 15) is 35.4 Å². The number of hydrogen-bond donors (Lipinski definition) is 6. The molecule has 0 radical (unpaired) electrons. The van der Waals surface area contributed by atoms with Gasteiger partial charge in [0.05, 0.1) is 26.9 Å². The fourth-order valence-electron chi connectivity index (χ4n) is 6.93. The first-order chi connectivity index (χ1) is 21.4. The van der Waals surface area contributed by atoms with E-state index in [4.69, 9.17) is 42.6 Å². The molecule has 0 aromatic heterocycles. The molecule has 4 heterocycles. The second-order valence-electron chi connectivity index (χ2n) is 11.5. The number of esters is 1. The molecule has 2 aromatic carbocycles. The van der Waals surface area contributed by atoms with E-state index < -0.39 is 72.5 Å². The van der Waals surface area contributed by atoms with Crippen LogP contribution in [0.4, 0.5) is 0 Å². The van der Waals surface area contributed by atoms with Gasteiger partial charge in [0.1, 0.15) is 29.8 Å². The van der Waals surface area contributed by atoms with Crippen LogP contribution in [-0.2, 0) is 34.1 Å². The van der Waals surface area contributed by atoms with Crippen molar-refractivity contribution in [1.82, 2.24) is 0 Å². The lowest BCUT2D eigenvalue weighted by Gasteiger charge is -2.51. The van der Waals surface area contributed by atoms with Gasteiger partial charge in [0.15, 0.2) is 41.7 Å². The van der Waals surface area contributed by atoms with Gasteiger partial charge in [0.2, 0.25) is 12.5 Å². The average molecular weight is 637 g/mol. The molecule has 4 aliphatic heterocycles. The molecule has 7 rings (SSSR count). The number of ether oxygens (including phenoxy) is 9. The Balaban J connectivity index is 1.36. The van der Waals surface area contributed by atoms with Crippen LogP contribution < -0.4 is 18.9 Å². The largest absolute Gasteiger partial charge is 0.502 e. The molecule has 3 saturated heterocycles. The minimum atomic E-state index is -2.91. The Hall–Kier alpha value is -3.45. The van der Waals surface area contributed by atoms with Crippen molar-refractivity contribution >= 4 is 5.97 Å². The smallest absolute Gasteiger partial charge is 0.313 e. The van der Waals surface area contributed by atoms with Crippen molar-refractivity contribution in [3.63, 3.8) is 0 Å². The van der Waals surface area contributed by atoms with E-state index >= 15 is 0 Å². The number of phenolic OH excluding ortho intramolecular Hbond substituents is 1. The number of methoxy groups -OCH3 is 2. The number of phenols is 1. The van der Waals surface area contributed by atoms with Crippen LogP contribution in [0, 0.1) is 11.8 Å². The number of carbonyl (C=O) groups excluding carboxylic acids is 1. The zero-order valence-corrected chi connectivity index (χ0v) is 24.2. The lowest BCUT2D eigenvalue weighted by Crippen LogP contribution is -2.70. The van der Waals surface area contributed by atoms with Crippen LogP contribution in [0.15, 0.2) is 24.3 Å². The summed E-state index contributed by atoms with van der Waals surface area (Å²) < 4.78 is 49.8. The number of hydrogen-bond acceptors (Lipinski definition) is 16. The molecule has 45 heavy (non-hydrogen) atoms. The van der Waals surface area contributed by atoms with Crippen molar-refractivity contribution in [1.29, 1.82) is 0 Å². The molecule has 10 unspecified atom stereocenters. The molecule has 2 aromatic rings. The van der Waals surface area contributed by atoms with Gasteiger partial charge >= 0.3 is 11.9 Å². The molecule has 0 amide bonds. The zero-order chi connectivity index (χ0) is 32.0. The van der Waals surface area contributed by atoms with Gasteiger partial charge in [-0.15, -0.1) is 0 Å². The Labute approximate surface area is 255 Å². The number of aliphatic hydroxyl groups is 5. The number of aliphatic hydroxyl groups excluding tert-OH is 2. The summed E-state index contributed by atoms with van der Waals surface area (Å²) in [4.78, 5) is 13.4. The van der Waals surface area contributed by atoms with Gasteiger partial charge in [-0.05, 0) is 47.9 Å². The Kier molecular flexibility index (Phi) is 7.08. The van der Waals surface area contributed by atoms with Crippen LogP contribution in [0.3, 0.4) is 0 Å². The maximum absolute atomic E-state index is 13.4. The SMILES string of the molecule is COc1cc(C2(O)c3cc4c(cc3C(OC3OC5C(OC(C)OC5(O)O)C(O)C3O)C3COC(=O)C32)OCO4)cc(OC)c1O. The first-order valence-corrected chi connectivity index (χ1v) is 14.1. The van der Waals surface area contributed by atoms with Crippen molar-refractivity contribution in [2.24, 2.45) is 11.8 Å². The highest BCUT2D eigenvalue weighted by molar-refractivity contribution is 5.80. The summed E-state index contributed by atoms with van der Waals surface area (Å²) in [5.74, 6) is -5.78. The molecule has 1 aliphatic carbocycles. The summed E-state index contributed by atoms with van der Waals surface area (Å²) >= 11 is 0. The molecule has 16 nitrogen and oxygen atoms in total. The topological polar surface area (TPSA) is 222 Å². The van der Waals surface area contributed by atoms with Crippen LogP contribution >= 0.6 is 0 Å². The van der Waals surface area contributed by atoms with E-state index in [2.05, 4.69) is 0 Å². The van der Waals surface area contributed by atoms with Gasteiger partial charge in [-0.25, -0.2) is 0 Å². The van der Waals surface area contributed by atoms with Gasteiger partial charge in [-0.3, -0.25) is 9.53 Å². The summed E-state index contributed by atoms with van der Waals surface area (Å²) in [7, 11) is 2.63. The molecule has 0 saturated carbocycles. The Bertz CT molecular complexity index is 1490. The van der Waals surface area contributed by atoms with Crippen LogP contribution in [0.2, 0.25) is 0 Å². The van der Waals surface area contributed by atoms with Crippen LogP contribution in [-0.4, -0.2) is 107 Å². The Morgan fingerprint density at radius 2 is 1.58 bits per heavy atom. The van der Waals surface area contributed by atoms with Crippen molar-refractivity contribution in [3.8, 4) is 28.7 Å². The number of benzene rings is 2. The standard InChI is InChI=1S/C29H32O16/c1-10-42-24-21(31)22(32)27(44-25(24)29(35,36)45-10)43-23-12-6-15-16(41-9-40-15)7-14(12)28(34,19-13(23)8-39-26(19)33)11-4-17(37-2)20(30)18(5-11)38-3/h4-7,10,13,19,21-25,27,30-32,34-36H,8-9H2,1-3H3. The summed E-state index contributed by atoms with van der Waals surface area (Å²) in [6.45, 7) is 1.02. The Morgan fingerprint density at radius 1 is 0.911 bits per heavy atom. The molecule has 5 aliphatic rings. The molecule has 0 bridgehead atoms. The van der Waals surface area contributed by atoms with Gasteiger partial charge in [0, 0.05) is 5.92 Å². The van der Waals surface area contributed by atoms with E-state index in [1.165, 1.54) is 39.3 Å². The molecule has 244 valence electrons. The van der Waals surface area contributed by atoms with Crippen molar-refractivity contribution in [2.75, 3.05) is 27.6 Å². The number of aromatic hydroxyl groups is 1. The number of cyclic esters (lactones) is 1. The Morgan fingerprint density at radius 3 is 2.24 bits per heavy atom. The first-order valence-electron chi connectivity index (χ1n) is 14.1. The monoisotopic (exact) mass is 636 g/mol. The maximum atomic E-state index is 13.4. The van der Waals surface area contributed by atoms with Gasteiger partial charge < -0.3 is 68.5 Å². The quantitative estimate of drug-likeness (QED) is 0.173. The summed E-state index contributed by atoms with van der Waals surface area (Å²) in [5.41, 5.74) is -1.60. The second-order valence-corrected chi connectivity index (χ2v) is 11.5. The van der Waals surface area contributed by atoms with E-state index in [1.807, 2.05) is 0 Å². The maximum Gasteiger partial charge on any atom is 0.313 e. The van der Waals surface area contributed by atoms with Crippen molar-refractivity contribution < 1.29 is 78.1 Å². The molecule has 16 heteroatoms. The number of rotatable bonds is 5. The lowest BCUT2D eigenvalue weighted by atomic mass is 9.63. The first kappa shape index (κ1) is 30.2. The summed E-state index contributed by atoms with van der Waals surface area (Å²) in [6.07, 6.45) is -10.6. The number of carbonyl (C=O) groups is 1. The predicted octanol–water partition coefficient (Wildman–Crippen LogP) is -0.919. The third-order valence-electron chi connectivity index (χ3n) is 9.00. The molecular weight excluding hydrogens is 604 g/mol. The minimum Gasteiger partial charge on any atom is -0.502 e. The molecule has 3 fully saturated rings. The van der Waals surface area contributed by atoms with E-state index in [-0.39, 0.29) is 53.1 Å². The van der Waals surface area contributed by atoms with Crippen LogP contribution in [0.25, 0.3) is 0 Å². The summed E-state index contributed by atoms with van der Waals surface area (Å²) in [5, 5.41) is 66.3. The number of fused-ring (bicyclic) bond motifs is 4. The van der Waals surface area contributed by atoms with E-state index in [1.54, 1.807) is 6.07 Å². The van der Waals surface area contributed by atoms with Crippen LogP contribution in [0.1, 0.15) is 29.7 Å². The molecule has 6 N–H and O–H groups in total. The third-order valence-corrected chi connectivity index (χ3v) is 9.00. The van der Waals surface area contributed by atoms with E-state index in [0.717, 1.165) is 0 Å². The highest BCUT2D eigenvalue weighted by Gasteiger charge is 2.63. The fourth-order valence-corrected chi connectivity index (χ4v) is 6.93.